The monoisotopic (exact) mass is 358 g/mol. The van der Waals surface area contributed by atoms with Gasteiger partial charge in [0.05, 0.1) is 6.54 Å². The quantitative estimate of drug-likeness (QED) is 0.723. The van der Waals surface area contributed by atoms with Gasteiger partial charge in [-0.25, -0.2) is 0 Å². The molecule has 0 saturated carbocycles. The van der Waals surface area contributed by atoms with Gasteiger partial charge in [-0.05, 0) is 50.0 Å². The highest BCUT2D eigenvalue weighted by Crippen LogP contribution is 2.16. The average Bonchev–Trinajstić information content (AvgIpc) is 3.01. The molecule has 0 bridgehead atoms. The van der Waals surface area contributed by atoms with Crippen LogP contribution in [0.25, 0.3) is 0 Å². The van der Waals surface area contributed by atoms with E-state index in [4.69, 9.17) is 9.26 Å². The van der Waals surface area contributed by atoms with E-state index in [2.05, 4.69) is 58.2 Å². The van der Waals surface area contributed by atoms with Crippen LogP contribution in [-0.2, 0) is 13.1 Å². The lowest BCUT2D eigenvalue weighted by Crippen LogP contribution is -2.37. The van der Waals surface area contributed by atoms with E-state index in [0.717, 1.165) is 37.2 Å². The lowest BCUT2D eigenvalue weighted by molar-refractivity contribution is 0.153. The van der Waals surface area contributed by atoms with E-state index < -0.39 is 0 Å². The number of hydrogen-bond acceptors (Lipinski definition) is 6. The number of aryl methyl sites for hydroxylation is 1. The maximum atomic E-state index is 5.91. The van der Waals surface area contributed by atoms with Gasteiger partial charge in [0.2, 0.25) is 5.89 Å². The number of benzene rings is 1. The molecule has 26 heavy (non-hydrogen) atoms. The van der Waals surface area contributed by atoms with Crippen molar-refractivity contribution in [2.45, 2.75) is 39.8 Å². The average molecular weight is 358 g/mol. The van der Waals surface area contributed by atoms with Crippen LogP contribution >= 0.6 is 0 Å². The molecule has 142 valence electrons. The van der Waals surface area contributed by atoms with E-state index in [1.807, 2.05) is 0 Å². The first-order chi connectivity index (χ1) is 12.6. The molecule has 2 heterocycles. The number of piperidine rings is 1. The highest BCUT2D eigenvalue weighted by Gasteiger charge is 2.15. The summed E-state index contributed by atoms with van der Waals surface area (Å²) in [5.74, 6) is 3.08. The number of aromatic nitrogens is 2. The number of likely N-dealkylation sites (tertiary alicyclic amines) is 1. The molecule has 3 rings (SSSR count). The molecule has 0 amide bonds. The zero-order valence-corrected chi connectivity index (χ0v) is 16.1. The molecule has 2 aromatic rings. The second-order valence-electron chi connectivity index (χ2n) is 7.44. The van der Waals surface area contributed by atoms with Crippen molar-refractivity contribution < 1.29 is 9.26 Å². The molecule has 1 fully saturated rings. The Labute approximate surface area is 156 Å². The largest absolute Gasteiger partial charge is 0.492 e. The Balaban J connectivity index is 1.40. The summed E-state index contributed by atoms with van der Waals surface area (Å²) in [5.41, 5.74) is 1.24. The third-order valence-electron chi connectivity index (χ3n) is 4.77. The molecule has 1 aromatic heterocycles. The van der Waals surface area contributed by atoms with Gasteiger partial charge in [-0.2, -0.15) is 4.98 Å². The van der Waals surface area contributed by atoms with Crippen molar-refractivity contribution in [3.63, 3.8) is 0 Å². The van der Waals surface area contributed by atoms with Crippen molar-refractivity contribution >= 4 is 0 Å². The zero-order valence-electron chi connectivity index (χ0n) is 16.1. The summed E-state index contributed by atoms with van der Waals surface area (Å²) in [6.07, 6.45) is 2.67. The van der Waals surface area contributed by atoms with Crippen LogP contribution in [0.2, 0.25) is 0 Å². The SMILES string of the molecule is Cc1nc(CN(C)Cc2ccc(OCCN3CCC[C@@H](C)C3)cc2)no1. The smallest absolute Gasteiger partial charge is 0.223 e. The fraction of sp³-hybridized carbons (Fsp3) is 0.600. The Morgan fingerprint density at radius 2 is 2.08 bits per heavy atom. The van der Waals surface area contributed by atoms with Crippen LogP contribution in [0.3, 0.4) is 0 Å². The predicted octanol–water partition coefficient (Wildman–Crippen LogP) is 3.12. The Hall–Kier alpha value is -1.92. The molecule has 0 spiro atoms. The Kier molecular flexibility index (Phi) is 6.63. The molecular formula is C20H30N4O2. The molecule has 0 radical (unpaired) electrons. The first-order valence-corrected chi connectivity index (χ1v) is 9.50. The Morgan fingerprint density at radius 1 is 1.27 bits per heavy atom. The summed E-state index contributed by atoms with van der Waals surface area (Å²) in [5, 5.41) is 3.94. The van der Waals surface area contributed by atoms with E-state index in [1.165, 1.54) is 31.5 Å². The highest BCUT2D eigenvalue weighted by molar-refractivity contribution is 5.27. The van der Waals surface area contributed by atoms with Crippen molar-refractivity contribution in [2.75, 3.05) is 33.3 Å². The Bertz CT molecular complexity index is 671. The summed E-state index contributed by atoms with van der Waals surface area (Å²) >= 11 is 0. The zero-order chi connectivity index (χ0) is 18.4. The number of ether oxygens (including phenoxy) is 1. The van der Waals surface area contributed by atoms with Crippen molar-refractivity contribution in [3.05, 3.63) is 41.5 Å². The fourth-order valence-corrected chi connectivity index (χ4v) is 3.49. The van der Waals surface area contributed by atoms with Gasteiger partial charge in [-0.3, -0.25) is 9.80 Å². The standard InChI is InChI=1S/C20H30N4O2/c1-16-5-4-10-24(13-16)11-12-25-19-8-6-18(7-9-19)14-23(3)15-20-21-17(2)26-22-20/h6-9,16H,4-5,10-15H2,1-3H3/t16-/m1/s1. The van der Waals surface area contributed by atoms with Crippen molar-refractivity contribution in [1.29, 1.82) is 0 Å². The number of rotatable bonds is 8. The number of nitrogens with zero attached hydrogens (tertiary/aromatic N) is 4. The second-order valence-corrected chi connectivity index (χ2v) is 7.44. The van der Waals surface area contributed by atoms with Crippen molar-refractivity contribution in [1.82, 2.24) is 19.9 Å². The van der Waals surface area contributed by atoms with Crippen LogP contribution in [0.4, 0.5) is 0 Å². The van der Waals surface area contributed by atoms with Gasteiger partial charge in [0, 0.05) is 26.6 Å². The lowest BCUT2D eigenvalue weighted by atomic mass is 10.0. The maximum Gasteiger partial charge on any atom is 0.223 e. The molecule has 1 aromatic carbocycles. The molecule has 0 unspecified atom stereocenters. The van der Waals surface area contributed by atoms with E-state index in [-0.39, 0.29) is 0 Å². The van der Waals surface area contributed by atoms with E-state index in [0.29, 0.717) is 12.4 Å². The minimum absolute atomic E-state index is 0.605. The minimum Gasteiger partial charge on any atom is -0.492 e. The van der Waals surface area contributed by atoms with Gasteiger partial charge in [0.1, 0.15) is 12.4 Å². The molecule has 0 N–H and O–H groups in total. The van der Waals surface area contributed by atoms with Crippen LogP contribution < -0.4 is 4.74 Å². The third-order valence-corrected chi connectivity index (χ3v) is 4.77. The van der Waals surface area contributed by atoms with Gasteiger partial charge in [0.15, 0.2) is 5.82 Å². The fourth-order valence-electron chi connectivity index (χ4n) is 3.49. The van der Waals surface area contributed by atoms with E-state index >= 15 is 0 Å². The first-order valence-electron chi connectivity index (χ1n) is 9.50. The molecule has 6 nitrogen and oxygen atoms in total. The normalized spacial score (nSPS) is 18.4. The Morgan fingerprint density at radius 3 is 2.77 bits per heavy atom. The minimum atomic E-state index is 0.605. The van der Waals surface area contributed by atoms with Gasteiger partial charge in [-0.1, -0.05) is 24.2 Å². The number of hydrogen-bond donors (Lipinski definition) is 0. The second kappa shape index (κ2) is 9.14. The van der Waals surface area contributed by atoms with Gasteiger partial charge < -0.3 is 9.26 Å². The lowest BCUT2D eigenvalue weighted by Gasteiger charge is -2.30. The van der Waals surface area contributed by atoms with Gasteiger partial charge in [0.25, 0.3) is 0 Å². The summed E-state index contributed by atoms with van der Waals surface area (Å²) in [6.45, 7) is 9.82. The molecule has 0 aliphatic carbocycles. The third kappa shape index (κ3) is 5.81. The van der Waals surface area contributed by atoms with Crippen LogP contribution in [0.1, 0.15) is 37.0 Å². The van der Waals surface area contributed by atoms with Crippen LogP contribution in [0.15, 0.2) is 28.8 Å². The summed E-state index contributed by atoms with van der Waals surface area (Å²) in [4.78, 5) is 8.92. The van der Waals surface area contributed by atoms with Crippen LogP contribution in [0, 0.1) is 12.8 Å². The maximum absolute atomic E-state index is 5.91. The van der Waals surface area contributed by atoms with Crippen LogP contribution in [-0.4, -0.2) is 53.2 Å². The molecule has 1 saturated heterocycles. The summed E-state index contributed by atoms with van der Waals surface area (Å²) in [7, 11) is 2.05. The van der Waals surface area contributed by atoms with Crippen molar-refractivity contribution in [2.24, 2.45) is 5.92 Å². The highest BCUT2D eigenvalue weighted by atomic mass is 16.5. The van der Waals surface area contributed by atoms with E-state index in [1.54, 1.807) is 6.92 Å². The van der Waals surface area contributed by atoms with E-state index in [9.17, 15) is 0 Å². The van der Waals surface area contributed by atoms with Gasteiger partial charge >= 0.3 is 0 Å². The first kappa shape index (κ1) is 18.9. The molecule has 6 heteroatoms. The van der Waals surface area contributed by atoms with Crippen LogP contribution in [0.5, 0.6) is 5.75 Å². The predicted molar refractivity (Wildman–Crippen MR) is 101 cm³/mol. The summed E-state index contributed by atoms with van der Waals surface area (Å²) in [6, 6.07) is 8.35. The molecular weight excluding hydrogens is 328 g/mol. The summed E-state index contributed by atoms with van der Waals surface area (Å²) < 4.78 is 10.9. The molecule has 1 atom stereocenters. The molecule has 1 aliphatic heterocycles. The van der Waals surface area contributed by atoms with Crippen molar-refractivity contribution in [3.8, 4) is 5.75 Å². The molecule has 1 aliphatic rings. The van der Waals surface area contributed by atoms with Gasteiger partial charge in [-0.15, -0.1) is 0 Å². The topological polar surface area (TPSA) is 54.6 Å².